The Hall–Kier alpha value is -2.60. The van der Waals surface area contributed by atoms with Gasteiger partial charge in [0.05, 0.1) is 5.52 Å². The van der Waals surface area contributed by atoms with Gasteiger partial charge in [0.1, 0.15) is 11.2 Å². The van der Waals surface area contributed by atoms with Crippen molar-refractivity contribution in [1.29, 1.82) is 5.41 Å². The van der Waals surface area contributed by atoms with E-state index in [9.17, 15) is 0 Å². The number of aromatic amines is 2. The third-order valence-corrected chi connectivity index (χ3v) is 3.00. The fraction of sp³-hybridized carbons (Fsp3) is 0. The first-order valence-electron chi connectivity index (χ1n) is 6.00. The predicted octanol–water partition coefficient (Wildman–Crippen LogP) is 2.55. The van der Waals surface area contributed by atoms with Crippen molar-refractivity contribution >= 4 is 29.0 Å². The van der Waals surface area contributed by atoms with Crippen LogP contribution in [0.25, 0.3) is 10.9 Å². The van der Waals surface area contributed by atoms with E-state index in [1.807, 2.05) is 30.3 Å². The fourth-order valence-electron chi connectivity index (χ4n) is 1.89. The molecule has 0 saturated carbocycles. The Balaban J connectivity index is 2.22. The summed E-state index contributed by atoms with van der Waals surface area (Å²) in [5.74, 6) is 0.0904. The third kappa shape index (κ3) is 2.41. The smallest absolute Gasteiger partial charge is 0.176 e. The second kappa shape index (κ2) is 5.18. The highest BCUT2D eigenvalue weighted by atomic mass is 32.1. The second-order valence-electron chi connectivity index (χ2n) is 4.15. The molecule has 0 atom stereocenters. The Bertz CT molecular complexity index is 892. The van der Waals surface area contributed by atoms with Crippen LogP contribution in [0.15, 0.2) is 53.7 Å². The van der Waals surface area contributed by atoms with Crippen LogP contribution >= 0.6 is 12.2 Å². The van der Waals surface area contributed by atoms with Crippen molar-refractivity contribution in [2.24, 2.45) is 4.99 Å². The highest BCUT2D eigenvalue weighted by Gasteiger charge is 2.01. The van der Waals surface area contributed by atoms with E-state index in [-0.39, 0.29) is 5.84 Å². The zero-order valence-corrected chi connectivity index (χ0v) is 11.2. The molecule has 6 heteroatoms. The van der Waals surface area contributed by atoms with Crippen LogP contribution in [0.2, 0.25) is 0 Å². The first kappa shape index (κ1) is 12.4. The lowest BCUT2D eigenvalue weighted by Crippen LogP contribution is -2.14. The van der Waals surface area contributed by atoms with Gasteiger partial charge in [-0.3, -0.25) is 10.4 Å². The maximum atomic E-state index is 8.02. The van der Waals surface area contributed by atoms with E-state index in [0.29, 0.717) is 16.0 Å². The molecule has 20 heavy (non-hydrogen) atoms. The van der Waals surface area contributed by atoms with Crippen LogP contribution in [0.5, 0.6) is 0 Å². The Morgan fingerprint density at radius 2 is 1.90 bits per heavy atom. The van der Waals surface area contributed by atoms with Crippen molar-refractivity contribution in [2.45, 2.75) is 0 Å². The largest absolute Gasteiger partial charge is 0.332 e. The maximum Gasteiger partial charge on any atom is 0.176 e. The molecule has 0 unspecified atom stereocenters. The van der Waals surface area contributed by atoms with E-state index in [4.69, 9.17) is 17.6 Å². The van der Waals surface area contributed by atoms with Crippen molar-refractivity contribution < 1.29 is 0 Å². The first-order valence-corrected chi connectivity index (χ1v) is 6.41. The van der Waals surface area contributed by atoms with E-state index < -0.39 is 0 Å². The average molecular weight is 281 g/mol. The predicted molar refractivity (Wildman–Crippen MR) is 80.1 cm³/mol. The Kier molecular flexibility index (Phi) is 3.22. The number of H-pyrrole nitrogens is 2. The Morgan fingerprint density at radius 1 is 1.10 bits per heavy atom. The molecule has 0 aliphatic carbocycles. The molecule has 1 aromatic carbocycles. The minimum atomic E-state index is 0.0904. The van der Waals surface area contributed by atoms with Crippen molar-refractivity contribution in [2.75, 3.05) is 0 Å². The van der Waals surface area contributed by atoms with Gasteiger partial charge >= 0.3 is 0 Å². The minimum absolute atomic E-state index is 0.0904. The topological polar surface area (TPSA) is 80.7 Å². The summed E-state index contributed by atoms with van der Waals surface area (Å²) in [6.45, 7) is 0. The van der Waals surface area contributed by atoms with Crippen LogP contribution < -0.4 is 5.49 Å². The summed E-state index contributed by atoms with van der Waals surface area (Å²) in [6, 6.07) is 13.0. The summed E-state index contributed by atoms with van der Waals surface area (Å²) < 4.78 is 0.469. The van der Waals surface area contributed by atoms with Crippen molar-refractivity contribution in [3.63, 3.8) is 0 Å². The summed E-state index contributed by atoms with van der Waals surface area (Å²) >= 11 is 5.14. The molecule has 98 valence electrons. The summed E-state index contributed by atoms with van der Waals surface area (Å²) in [6.07, 6.45) is 1.64. The van der Waals surface area contributed by atoms with Crippen LogP contribution in [-0.2, 0) is 0 Å². The van der Waals surface area contributed by atoms with Gasteiger partial charge in [-0.25, -0.2) is 4.99 Å². The molecule has 2 heterocycles. The van der Waals surface area contributed by atoms with Crippen molar-refractivity contribution in [3.05, 3.63) is 64.6 Å². The monoisotopic (exact) mass is 281 g/mol. The van der Waals surface area contributed by atoms with E-state index in [0.717, 1.165) is 10.9 Å². The standard InChI is InChI=1S/C14H11N5S/c15-12(11-7-3-4-8-16-11)18-13-9-5-1-2-6-10(9)17-14(20)19-13/h1-8H,(H3,15,17,18,19,20). The molecule has 3 aromatic rings. The van der Waals surface area contributed by atoms with Gasteiger partial charge in [-0.05, 0) is 36.5 Å². The lowest BCUT2D eigenvalue weighted by molar-refractivity contribution is 1.09. The molecule has 3 N–H and O–H groups in total. The summed E-state index contributed by atoms with van der Waals surface area (Å²) in [4.78, 5) is 14.4. The number of amidine groups is 1. The minimum Gasteiger partial charge on any atom is -0.332 e. The third-order valence-electron chi connectivity index (χ3n) is 2.79. The molecule has 0 aliphatic rings. The molecule has 0 fully saturated rings. The molecule has 5 nitrogen and oxygen atoms in total. The van der Waals surface area contributed by atoms with Gasteiger partial charge in [0.2, 0.25) is 0 Å². The Labute approximate surface area is 119 Å². The molecule has 3 rings (SSSR count). The average Bonchev–Trinajstić information content (AvgIpc) is 2.48. The quantitative estimate of drug-likeness (QED) is 0.364. The second-order valence-corrected chi connectivity index (χ2v) is 4.56. The van der Waals surface area contributed by atoms with Gasteiger partial charge in [-0.15, -0.1) is 0 Å². The highest BCUT2D eigenvalue weighted by Crippen LogP contribution is 2.04. The normalized spacial score (nSPS) is 11.7. The van der Waals surface area contributed by atoms with Crippen LogP contribution in [-0.4, -0.2) is 20.8 Å². The highest BCUT2D eigenvalue weighted by molar-refractivity contribution is 7.71. The molecule has 0 saturated heterocycles. The van der Waals surface area contributed by atoms with E-state index in [2.05, 4.69) is 19.9 Å². The number of pyridine rings is 1. The number of nitrogens with one attached hydrogen (secondary N) is 3. The van der Waals surface area contributed by atoms with E-state index >= 15 is 0 Å². The molecule has 0 radical (unpaired) electrons. The van der Waals surface area contributed by atoms with Gasteiger partial charge in [0.25, 0.3) is 0 Å². The molecular formula is C14H11N5S. The van der Waals surface area contributed by atoms with Crippen LogP contribution in [0.4, 0.5) is 0 Å². The summed E-state index contributed by atoms with van der Waals surface area (Å²) in [5.41, 5.74) is 1.95. The molecular weight excluding hydrogens is 270 g/mol. The lowest BCUT2D eigenvalue weighted by Gasteiger charge is -2.00. The van der Waals surface area contributed by atoms with Crippen LogP contribution in [0.1, 0.15) is 5.69 Å². The molecule has 2 aromatic heterocycles. The van der Waals surface area contributed by atoms with E-state index in [1.165, 1.54) is 0 Å². The zero-order chi connectivity index (χ0) is 13.9. The lowest BCUT2D eigenvalue weighted by atomic mass is 10.2. The zero-order valence-electron chi connectivity index (χ0n) is 10.4. The van der Waals surface area contributed by atoms with Gasteiger partial charge in [0.15, 0.2) is 10.6 Å². The van der Waals surface area contributed by atoms with Crippen molar-refractivity contribution in [1.82, 2.24) is 15.0 Å². The SMILES string of the molecule is N=C(/N=c1\[nH]c(=S)[nH]c2ccccc12)c1ccccn1. The number of aromatic nitrogens is 3. The number of rotatable bonds is 1. The number of para-hydroxylation sites is 1. The maximum absolute atomic E-state index is 8.02. The molecule has 0 spiro atoms. The number of benzene rings is 1. The van der Waals surface area contributed by atoms with Gasteiger partial charge < -0.3 is 9.97 Å². The molecule has 0 aliphatic heterocycles. The number of hydrogen-bond donors (Lipinski definition) is 3. The molecule has 0 amide bonds. The number of hydrogen-bond acceptors (Lipinski definition) is 3. The summed E-state index contributed by atoms with van der Waals surface area (Å²) in [5, 5.41) is 8.90. The van der Waals surface area contributed by atoms with E-state index in [1.54, 1.807) is 18.3 Å². The van der Waals surface area contributed by atoms with Gasteiger partial charge in [-0.1, -0.05) is 18.2 Å². The Morgan fingerprint density at radius 3 is 2.70 bits per heavy atom. The first-order chi connectivity index (χ1) is 9.74. The number of fused-ring (bicyclic) bond motifs is 1. The van der Waals surface area contributed by atoms with Crippen LogP contribution in [0, 0.1) is 10.2 Å². The molecule has 0 bridgehead atoms. The van der Waals surface area contributed by atoms with Crippen LogP contribution in [0.3, 0.4) is 0 Å². The van der Waals surface area contributed by atoms with Gasteiger partial charge in [-0.2, -0.15) is 0 Å². The summed E-state index contributed by atoms with van der Waals surface area (Å²) in [7, 11) is 0. The van der Waals surface area contributed by atoms with Gasteiger partial charge in [0, 0.05) is 11.6 Å². The van der Waals surface area contributed by atoms with Crippen molar-refractivity contribution in [3.8, 4) is 0 Å². The fourth-order valence-corrected chi connectivity index (χ4v) is 2.09. The number of nitrogens with zero attached hydrogens (tertiary/aromatic N) is 2.